The van der Waals surface area contributed by atoms with Gasteiger partial charge in [-0.15, -0.1) is 0 Å². The summed E-state index contributed by atoms with van der Waals surface area (Å²) in [6.07, 6.45) is 0. The predicted molar refractivity (Wildman–Crippen MR) is 73.3 cm³/mol. The molecule has 5 heteroatoms. The van der Waals surface area contributed by atoms with E-state index in [1.54, 1.807) is 30.3 Å². The lowest BCUT2D eigenvalue weighted by molar-refractivity contribution is -0.386. The molecule has 0 saturated heterocycles. The number of nitrogens with zero attached hydrogens (tertiary/aromatic N) is 2. The van der Waals surface area contributed by atoms with Gasteiger partial charge in [-0.25, -0.2) is 0 Å². The van der Waals surface area contributed by atoms with Crippen LogP contribution in [0.25, 0.3) is 0 Å². The average Bonchev–Trinajstić information content (AvgIpc) is 2.45. The number of benzene rings is 2. The van der Waals surface area contributed by atoms with Gasteiger partial charge in [-0.3, -0.25) is 10.1 Å². The van der Waals surface area contributed by atoms with Gasteiger partial charge in [-0.1, -0.05) is 18.2 Å². The zero-order chi connectivity index (χ0) is 14.5. The van der Waals surface area contributed by atoms with Crippen LogP contribution in [-0.4, -0.2) is 4.92 Å². The smallest absolute Gasteiger partial charge is 0.310 e. The number of ether oxygens (including phenoxy) is 1. The van der Waals surface area contributed by atoms with Gasteiger partial charge in [0.05, 0.1) is 16.6 Å². The quantitative estimate of drug-likeness (QED) is 0.629. The number of rotatable bonds is 4. The van der Waals surface area contributed by atoms with Crippen molar-refractivity contribution in [2.75, 3.05) is 0 Å². The van der Waals surface area contributed by atoms with Crippen molar-refractivity contribution in [3.63, 3.8) is 0 Å². The molecule has 20 heavy (non-hydrogen) atoms. The van der Waals surface area contributed by atoms with E-state index in [2.05, 4.69) is 0 Å². The maximum absolute atomic E-state index is 10.9. The first-order valence-electron chi connectivity index (χ1n) is 5.97. The van der Waals surface area contributed by atoms with E-state index in [9.17, 15) is 10.1 Å². The van der Waals surface area contributed by atoms with Crippen LogP contribution < -0.4 is 4.74 Å². The highest BCUT2D eigenvalue weighted by Crippen LogP contribution is 2.28. The van der Waals surface area contributed by atoms with Gasteiger partial charge in [-0.05, 0) is 36.2 Å². The molecular weight excluding hydrogens is 256 g/mol. The zero-order valence-electron chi connectivity index (χ0n) is 10.9. The van der Waals surface area contributed by atoms with Crippen molar-refractivity contribution in [2.45, 2.75) is 13.5 Å². The molecule has 0 amide bonds. The fourth-order valence-corrected chi connectivity index (χ4v) is 1.78. The minimum Gasteiger partial charge on any atom is -0.482 e. The van der Waals surface area contributed by atoms with Crippen LogP contribution in [0.3, 0.4) is 0 Å². The topological polar surface area (TPSA) is 76.2 Å². The molecule has 0 radical (unpaired) electrons. The molecule has 100 valence electrons. The second kappa shape index (κ2) is 5.85. The maximum atomic E-state index is 10.9. The number of aryl methyl sites for hydroxylation is 1. The van der Waals surface area contributed by atoms with Gasteiger partial charge in [0.15, 0.2) is 5.75 Å². The fraction of sp³-hybridized carbons (Fsp3) is 0.133. The van der Waals surface area contributed by atoms with E-state index in [-0.39, 0.29) is 18.0 Å². The zero-order valence-corrected chi connectivity index (χ0v) is 10.9. The molecule has 0 aliphatic rings. The standard InChI is InChI=1S/C15H12N2O3/c1-11-5-6-14(17(18)19)15(7-11)20-10-13-4-2-3-12(8-13)9-16/h2-8H,10H2,1H3. The third kappa shape index (κ3) is 3.12. The van der Waals surface area contributed by atoms with Crippen molar-refractivity contribution in [2.24, 2.45) is 0 Å². The lowest BCUT2D eigenvalue weighted by Gasteiger charge is -2.08. The highest BCUT2D eigenvalue weighted by molar-refractivity contribution is 5.48. The minimum absolute atomic E-state index is 0.0629. The second-order valence-corrected chi connectivity index (χ2v) is 4.33. The van der Waals surface area contributed by atoms with E-state index in [0.717, 1.165) is 11.1 Å². The molecule has 0 saturated carbocycles. The Balaban J connectivity index is 2.20. The summed E-state index contributed by atoms with van der Waals surface area (Å²) in [6, 6.07) is 13.7. The normalized spacial score (nSPS) is 9.80. The lowest BCUT2D eigenvalue weighted by atomic mass is 10.1. The van der Waals surface area contributed by atoms with Gasteiger partial charge in [0, 0.05) is 6.07 Å². The summed E-state index contributed by atoms with van der Waals surface area (Å²) in [6.45, 7) is 2.02. The molecule has 2 aromatic rings. The summed E-state index contributed by atoms with van der Waals surface area (Å²) in [5.74, 6) is 0.234. The SMILES string of the molecule is Cc1ccc([N+](=O)[O-])c(OCc2cccc(C#N)c2)c1. The van der Waals surface area contributed by atoms with Crippen LogP contribution in [0.2, 0.25) is 0 Å². The molecule has 0 fully saturated rings. The molecule has 0 heterocycles. The minimum atomic E-state index is -0.472. The highest BCUT2D eigenvalue weighted by atomic mass is 16.6. The summed E-state index contributed by atoms with van der Waals surface area (Å²) in [4.78, 5) is 10.5. The summed E-state index contributed by atoms with van der Waals surface area (Å²) in [5.41, 5.74) is 2.15. The van der Waals surface area contributed by atoms with E-state index in [4.69, 9.17) is 10.00 Å². The van der Waals surface area contributed by atoms with E-state index < -0.39 is 4.92 Å². The molecule has 0 unspecified atom stereocenters. The summed E-state index contributed by atoms with van der Waals surface area (Å²) < 4.78 is 5.51. The van der Waals surface area contributed by atoms with Gasteiger partial charge >= 0.3 is 5.69 Å². The third-order valence-electron chi connectivity index (χ3n) is 2.76. The third-order valence-corrected chi connectivity index (χ3v) is 2.76. The summed E-state index contributed by atoms with van der Waals surface area (Å²) in [5, 5.41) is 19.7. The molecule has 0 bridgehead atoms. The Morgan fingerprint density at radius 2 is 2.10 bits per heavy atom. The molecule has 0 aliphatic heterocycles. The van der Waals surface area contributed by atoms with E-state index in [0.29, 0.717) is 5.56 Å². The van der Waals surface area contributed by atoms with E-state index in [1.807, 2.05) is 19.1 Å². The second-order valence-electron chi connectivity index (χ2n) is 4.33. The van der Waals surface area contributed by atoms with E-state index in [1.165, 1.54) is 6.07 Å². The fourth-order valence-electron chi connectivity index (χ4n) is 1.78. The molecule has 0 spiro atoms. The van der Waals surface area contributed by atoms with Crippen molar-refractivity contribution in [1.82, 2.24) is 0 Å². The van der Waals surface area contributed by atoms with Crippen molar-refractivity contribution >= 4 is 5.69 Å². The Morgan fingerprint density at radius 1 is 1.30 bits per heavy atom. The van der Waals surface area contributed by atoms with Crippen LogP contribution in [-0.2, 0) is 6.61 Å². The van der Waals surface area contributed by atoms with Crippen LogP contribution in [0.5, 0.6) is 5.75 Å². The average molecular weight is 268 g/mol. The van der Waals surface area contributed by atoms with Crippen molar-refractivity contribution in [3.05, 3.63) is 69.3 Å². The number of nitro groups is 1. The first kappa shape index (κ1) is 13.6. The van der Waals surface area contributed by atoms with Crippen LogP contribution in [0, 0.1) is 28.4 Å². The number of hydrogen-bond donors (Lipinski definition) is 0. The van der Waals surface area contributed by atoms with Gasteiger partial charge in [0.2, 0.25) is 0 Å². The Hall–Kier alpha value is -2.87. The Kier molecular flexibility index (Phi) is 3.96. The van der Waals surface area contributed by atoms with Gasteiger partial charge in [0.25, 0.3) is 0 Å². The maximum Gasteiger partial charge on any atom is 0.310 e. The Morgan fingerprint density at radius 3 is 2.80 bits per heavy atom. The molecule has 2 rings (SSSR count). The van der Waals surface area contributed by atoms with Crippen LogP contribution >= 0.6 is 0 Å². The van der Waals surface area contributed by atoms with Gasteiger partial charge in [0.1, 0.15) is 6.61 Å². The first-order chi connectivity index (χ1) is 9.60. The van der Waals surface area contributed by atoms with Gasteiger partial charge in [-0.2, -0.15) is 5.26 Å². The van der Waals surface area contributed by atoms with Crippen LogP contribution in [0.4, 0.5) is 5.69 Å². The van der Waals surface area contributed by atoms with Crippen molar-refractivity contribution in [1.29, 1.82) is 5.26 Å². The molecule has 0 atom stereocenters. The number of nitriles is 1. The molecular formula is C15H12N2O3. The monoisotopic (exact) mass is 268 g/mol. The molecule has 5 nitrogen and oxygen atoms in total. The first-order valence-corrected chi connectivity index (χ1v) is 5.97. The van der Waals surface area contributed by atoms with Crippen LogP contribution in [0.15, 0.2) is 42.5 Å². The number of nitro benzene ring substituents is 1. The molecule has 0 aliphatic carbocycles. The predicted octanol–water partition coefficient (Wildman–Crippen LogP) is 3.35. The van der Waals surface area contributed by atoms with E-state index >= 15 is 0 Å². The Labute approximate surface area is 116 Å². The Bertz CT molecular complexity index is 690. The summed E-state index contributed by atoms with van der Waals surface area (Å²) in [7, 11) is 0. The summed E-state index contributed by atoms with van der Waals surface area (Å²) >= 11 is 0. The lowest BCUT2D eigenvalue weighted by Crippen LogP contribution is -1.99. The van der Waals surface area contributed by atoms with Crippen LogP contribution in [0.1, 0.15) is 16.7 Å². The largest absolute Gasteiger partial charge is 0.482 e. The van der Waals surface area contributed by atoms with Crippen molar-refractivity contribution in [3.8, 4) is 11.8 Å². The highest BCUT2D eigenvalue weighted by Gasteiger charge is 2.14. The molecule has 2 aromatic carbocycles. The molecule has 0 N–H and O–H groups in total. The van der Waals surface area contributed by atoms with Gasteiger partial charge < -0.3 is 4.74 Å². The number of hydrogen-bond acceptors (Lipinski definition) is 4. The van der Waals surface area contributed by atoms with Crippen molar-refractivity contribution < 1.29 is 9.66 Å². The molecule has 0 aromatic heterocycles.